The van der Waals surface area contributed by atoms with E-state index < -0.39 is 5.97 Å². The van der Waals surface area contributed by atoms with Gasteiger partial charge in [-0.15, -0.1) is 0 Å². The number of nitrogens with one attached hydrogen (secondary N) is 1. The highest BCUT2D eigenvalue weighted by Crippen LogP contribution is 2.27. The zero-order chi connectivity index (χ0) is 13.8. The van der Waals surface area contributed by atoms with Crippen LogP contribution in [0.2, 0.25) is 0 Å². The second-order valence-electron chi connectivity index (χ2n) is 5.24. The van der Waals surface area contributed by atoms with Gasteiger partial charge in [0.25, 0.3) is 0 Å². The summed E-state index contributed by atoms with van der Waals surface area (Å²) < 4.78 is 0. The van der Waals surface area contributed by atoms with Gasteiger partial charge in [-0.25, -0.2) is 0 Å². The fourth-order valence-electron chi connectivity index (χ4n) is 2.68. The topological polar surface area (TPSA) is 73.4 Å². The Morgan fingerprint density at radius 1 is 1.37 bits per heavy atom. The molecule has 2 rings (SSSR count). The fourth-order valence-corrected chi connectivity index (χ4v) is 2.68. The van der Waals surface area contributed by atoms with Crippen molar-refractivity contribution >= 4 is 11.9 Å². The monoisotopic (exact) mass is 264 g/mol. The van der Waals surface area contributed by atoms with E-state index in [9.17, 15) is 9.59 Å². The number of amides is 1. The van der Waals surface area contributed by atoms with Crippen LogP contribution >= 0.6 is 0 Å². The molecule has 0 aromatic carbocycles. The maximum Gasteiger partial charge on any atom is 0.306 e. The molecule has 1 aromatic heterocycles. The molecule has 104 valence electrons. The van der Waals surface area contributed by atoms with Crippen molar-refractivity contribution in [3.05, 3.63) is 24.0 Å². The minimum atomic E-state index is -0.709. The predicted molar refractivity (Wildman–Crippen MR) is 70.6 cm³/mol. The van der Waals surface area contributed by atoms with E-state index in [4.69, 9.17) is 5.11 Å². The number of hydrogen-bond donors (Lipinski definition) is 2. The summed E-state index contributed by atoms with van der Waals surface area (Å²) in [6.07, 6.45) is 6.94. The zero-order valence-corrected chi connectivity index (χ0v) is 11.1. The third kappa shape index (κ3) is 3.36. The molecule has 1 fully saturated rings. The molecule has 0 saturated heterocycles. The molecule has 0 atom stereocenters. The van der Waals surface area contributed by atoms with Crippen molar-refractivity contribution < 1.29 is 14.7 Å². The molecule has 0 bridgehead atoms. The molecule has 5 nitrogen and oxygen atoms in total. The molecular weight excluding hydrogens is 244 g/mol. The summed E-state index contributed by atoms with van der Waals surface area (Å²) in [5.41, 5.74) is 0.982. The van der Waals surface area contributed by atoms with Gasteiger partial charge in [-0.1, -0.05) is 0 Å². The normalized spacial score (nSPS) is 23.0. The first kappa shape index (κ1) is 13.6. The lowest BCUT2D eigenvalue weighted by Crippen LogP contribution is -2.41. The lowest BCUT2D eigenvalue weighted by atomic mass is 9.85. The van der Waals surface area contributed by atoms with Gasteiger partial charge in [0.15, 0.2) is 0 Å². The highest BCUT2D eigenvalue weighted by molar-refractivity contribution is 5.78. The third-order valence-corrected chi connectivity index (χ3v) is 4.00. The Labute approximate surface area is 112 Å². The van der Waals surface area contributed by atoms with Gasteiger partial charge >= 0.3 is 5.97 Å². The number of carboxylic acid groups (broad SMARTS) is 1. The number of H-pyrrole nitrogens is 1. The van der Waals surface area contributed by atoms with E-state index in [1.165, 1.54) is 0 Å². The van der Waals surface area contributed by atoms with Gasteiger partial charge < -0.3 is 15.0 Å². The number of hydrogen-bond acceptors (Lipinski definition) is 2. The molecule has 1 amide bonds. The van der Waals surface area contributed by atoms with Crippen molar-refractivity contribution in [3.8, 4) is 0 Å². The summed E-state index contributed by atoms with van der Waals surface area (Å²) in [6.45, 7) is 0. The van der Waals surface area contributed by atoms with Gasteiger partial charge in [0.1, 0.15) is 0 Å². The summed E-state index contributed by atoms with van der Waals surface area (Å²) in [6, 6.07) is 2.08. The molecular formula is C14H20N2O3. The Kier molecular flexibility index (Phi) is 4.24. The number of nitrogens with zero attached hydrogens (tertiary/aromatic N) is 1. The van der Waals surface area contributed by atoms with Crippen LogP contribution in [0.25, 0.3) is 0 Å². The molecule has 0 unspecified atom stereocenters. The van der Waals surface area contributed by atoms with Gasteiger partial charge in [-0.05, 0) is 37.3 Å². The van der Waals surface area contributed by atoms with Crippen molar-refractivity contribution in [2.45, 2.75) is 38.1 Å². The molecule has 0 aliphatic heterocycles. The van der Waals surface area contributed by atoms with Crippen molar-refractivity contribution in [1.29, 1.82) is 0 Å². The Bertz CT molecular complexity index is 434. The Hall–Kier alpha value is -1.78. The van der Waals surface area contributed by atoms with Crippen LogP contribution in [0.1, 0.15) is 31.2 Å². The van der Waals surface area contributed by atoms with E-state index in [0.29, 0.717) is 19.3 Å². The van der Waals surface area contributed by atoms with Crippen molar-refractivity contribution in [3.63, 3.8) is 0 Å². The van der Waals surface area contributed by atoms with Gasteiger partial charge in [0, 0.05) is 25.5 Å². The first-order valence-electron chi connectivity index (χ1n) is 6.68. The molecule has 5 heteroatoms. The number of carbonyl (C=O) groups is 2. The van der Waals surface area contributed by atoms with Crippen LogP contribution in [0.15, 0.2) is 18.5 Å². The van der Waals surface area contributed by atoms with Gasteiger partial charge in [0.05, 0.1) is 12.3 Å². The molecule has 1 heterocycles. The van der Waals surface area contributed by atoms with Gasteiger partial charge in [-0.2, -0.15) is 0 Å². The van der Waals surface area contributed by atoms with Crippen LogP contribution in [-0.4, -0.2) is 40.0 Å². The molecule has 0 radical (unpaired) electrons. The molecule has 1 aliphatic carbocycles. The molecule has 0 spiro atoms. The Morgan fingerprint density at radius 2 is 2.05 bits per heavy atom. The second kappa shape index (κ2) is 5.91. The van der Waals surface area contributed by atoms with Crippen LogP contribution in [0.4, 0.5) is 0 Å². The van der Waals surface area contributed by atoms with E-state index >= 15 is 0 Å². The van der Waals surface area contributed by atoms with Gasteiger partial charge in [0.2, 0.25) is 5.91 Å². The maximum atomic E-state index is 12.1. The third-order valence-electron chi connectivity index (χ3n) is 4.00. The number of rotatable bonds is 4. The number of aliphatic carboxylic acids is 1. The fraction of sp³-hybridized carbons (Fsp3) is 0.571. The number of likely N-dealkylation sites (N-methyl/N-ethyl adjacent to an activating group) is 1. The Balaban J connectivity index is 1.85. The minimum Gasteiger partial charge on any atom is -0.481 e. The number of carboxylic acids is 1. The smallest absolute Gasteiger partial charge is 0.306 e. The van der Waals surface area contributed by atoms with Crippen molar-refractivity contribution in [2.75, 3.05) is 7.05 Å². The number of aromatic amines is 1. The highest BCUT2D eigenvalue weighted by Gasteiger charge is 2.29. The molecule has 1 aliphatic rings. The number of aromatic nitrogens is 1. The molecule has 1 saturated carbocycles. The van der Waals surface area contributed by atoms with Crippen molar-refractivity contribution in [1.82, 2.24) is 9.88 Å². The predicted octanol–water partition coefficient (Wildman–Crippen LogP) is 1.66. The molecule has 1 aromatic rings. The van der Waals surface area contributed by atoms with E-state index in [1.807, 2.05) is 19.3 Å². The van der Waals surface area contributed by atoms with Crippen molar-refractivity contribution in [2.24, 2.45) is 5.92 Å². The average molecular weight is 264 g/mol. The minimum absolute atomic E-state index is 0.0957. The van der Waals surface area contributed by atoms with E-state index in [2.05, 4.69) is 4.98 Å². The van der Waals surface area contributed by atoms with Gasteiger partial charge in [-0.3, -0.25) is 9.59 Å². The summed E-state index contributed by atoms with van der Waals surface area (Å²) in [5, 5.41) is 8.96. The second-order valence-corrected chi connectivity index (χ2v) is 5.24. The van der Waals surface area contributed by atoms with E-state index in [1.54, 1.807) is 11.1 Å². The quantitative estimate of drug-likeness (QED) is 0.868. The Morgan fingerprint density at radius 3 is 2.58 bits per heavy atom. The molecule has 19 heavy (non-hydrogen) atoms. The zero-order valence-electron chi connectivity index (χ0n) is 11.1. The van der Waals surface area contributed by atoms with E-state index in [0.717, 1.165) is 18.4 Å². The summed E-state index contributed by atoms with van der Waals surface area (Å²) in [4.78, 5) is 27.7. The summed E-state index contributed by atoms with van der Waals surface area (Å²) in [5.74, 6) is -0.845. The standard InChI is InChI=1S/C14H20N2O3/c1-16(13(17)8-10-6-7-15-9-10)12-4-2-11(3-5-12)14(18)19/h6-7,9,11-12,15H,2-5,8H2,1H3,(H,18,19). The van der Waals surface area contributed by atoms with E-state index in [-0.39, 0.29) is 17.9 Å². The lowest BCUT2D eigenvalue weighted by Gasteiger charge is -2.33. The lowest BCUT2D eigenvalue weighted by molar-refractivity contribution is -0.143. The summed E-state index contributed by atoms with van der Waals surface area (Å²) >= 11 is 0. The number of carbonyl (C=O) groups excluding carboxylic acids is 1. The molecule has 2 N–H and O–H groups in total. The van der Waals surface area contributed by atoms with Crippen LogP contribution in [-0.2, 0) is 16.0 Å². The summed E-state index contributed by atoms with van der Waals surface area (Å²) in [7, 11) is 1.82. The van der Waals surface area contributed by atoms with Crippen LogP contribution < -0.4 is 0 Å². The highest BCUT2D eigenvalue weighted by atomic mass is 16.4. The van der Waals surface area contributed by atoms with Crippen LogP contribution in [0.5, 0.6) is 0 Å². The first-order chi connectivity index (χ1) is 9.08. The SMILES string of the molecule is CN(C(=O)Cc1cc[nH]c1)C1CCC(C(=O)O)CC1. The maximum absolute atomic E-state index is 12.1. The first-order valence-corrected chi connectivity index (χ1v) is 6.68. The van der Waals surface area contributed by atoms with Crippen LogP contribution in [0.3, 0.4) is 0 Å². The largest absolute Gasteiger partial charge is 0.481 e. The average Bonchev–Trinajstić information content (AvgIpc) is 2.90. The van der Waals surface area contributed by atoms with Crippen LogP contribution in [0, 0.1) is 5.92 Å².